The molecule has 0 bridgehead atoms. The van der Waals surface area contributed by atoms with Gasteiger partial charge < -0.3 is 15.0 Å². The number of rotatable bonds is 4. The van der Waals surface area contributed by atoms with Gasteiger partial charge in [0.1, 0.15) is 0 Å². The van der Waals surface area contributed by atoms with Crippen LogP contribution in [-0.2, 0) is 11.3 Å². The molecule has 21 heavy (non-hydrogen) atoms. The fourth-order valence-corrected chi connectivity index (χ4v) is 3.19. The van der Waals surface area contributed by atoms with Crippen LogP contribution < -0.4 is 5.73 Å². The molecule has 0 atom stereocenters. The predicted molar refractivity (Wildman–Crippen MR) is 81.0 cm³/mol. The monoisotopic (exact) mass is 287 g/mol. The molecule has 2 N–H and O–H groups in total. The first-order valence-corrected chi connectivity index (χ1v) is 7.45. The molecular formula is C16H21N3O2. The number of aromatic nitrogens is 2. The topological polar surface area (TPSA) is 70.1 Å². The van der Waals surface area contributed by atoms with E-state index in [1.807, 2.05) is 12.4 Å². The van der Waals surface area contributed by atoms with E-state index in [0.29, 0.717) is 17.6 Å². The van der Waals surface area contributed by atoms with Crippen LogP contribution in [0.2, 0.25) is 0 Å². The first-order valence-electron chi connectivity index (χ1n) is 7.45. The number of amides is 1. The quantitative estimate of drug-likeness (QED) is 0.938. The number of fused-ring (bicyclic) bond motifs is 1. The fourth-order valence-electron chi connectivity index (χ4n) is 3.19. The van der Waals surface area contributed by atoms with Gasteiger partial charge in [0.15, 0.2) is 0 Å². The van der Waals surface area contributed by atoms with Crippen LogP contribution in [0, 0.1) is 5.92 Å². The average Bonchev–Trinajstić information content (AvgIpc) is 2.90. The summed E-state index contributed by atoms with van der Waals surface area (Å²) >= 11 is 0. The minimum Gasteiger partial charge on any atom is -0.381 e. The number of hydrogen-bond donors (Lipinski definition) is 1. The van der Waals surface area contributed by atoms with Crippen LogP contribution >= 0.6 is 0 Å². The lowest BCUT2D eigenvalue weighted by molar-refractivity contribution is 0.0544. The second kappa shape index (κ2) is 5.85. The molecule has 0 aliphatic heterocycles. The Kier molecular flexibility index (Phi) is 3.92. The van der Waals surface area contributed by atoms with Gasteiger partial charge in [-0.2, -0.15) is 0 Å². The van der Waals surface area contributed by atoms with Crippen molar-refractivity contribution in [2.75, 3.05) is 7.11 Å². The maximum absolute atomic E-state index is 11.2. The molecule has 1 aromatic heterocycles. The maximum Gasteiger partial charge on any atom is 0.248 e. The Morgan fingerprint density at radius 2 is 2.14 bits per heavy atom. The third-order valence-electron chi connectivity index (χ3n) is 4.49. The lowest BCUT2D eigenvalue weighted by atomic mass is 9.87. The molecule has 1 aliphatic rings. The van der Waals surface area contributed by atoms with Crippen LogP contribution in [0.5, 0.6) is 0 Å². The van der Waals surface area contributed by atoms with Crippen molar-refractivity contribution in [2.45, 2.75) is 38.3 Å². The highest BCUT2D eigenvalue weighted by Gasteiger charge is 2.21. The average molecular weight is 287 g/mol. The van der Waals surface area contributed by atoms with E-state index in [1.54, 1.807) is 19.2 Å². The Labute approximate surface area is 124 Å². The summed E-state index contributed by atoms with van der Waals surface area (Å²) in [5.41, 5.74) is 7.70. The molecule has 1 saturated carbocycles. The standard InChI is InChI=1S/C16H21N3O2/c1-21-13-5-2-11(3-6-13)9-19-10-18-14-8-12(16(17)20)4-7-15(14)19/h4,7-8,10-11,13H,2-3,5-6,9H2,1H3,(H2,17,20). The molecule has 1 aliphatic carbocycles. The van der Waals surface area contributed by atoms with Crippen molar-refractivity contribution in [1.29, 1.82) is 0 Å². The zero-order chi connectivity index (χ0) is 14.8. The third-order valence-corrected chi connectivity index (χ3v) is 4.49. The molecule has 5 nitrogen and oxygen atoms in total. The number of carbonyl (C=O) groups is 1. The summed E-state index contributed by atoms with van der Waals surface area (Å²) in [5.74, 6) is 0.258. The second-order valence-corrected chi connectivity index (χ2v) is 5.84. The van der Waals surface area contributed by atoms with Gasteiger partial charge in [-0.1, -0.05) is 0 Å². The largest absolute Gasteiger partial charge is 0.381 e. The minimum absolute atomic E-state index is 0.413. The highest BCUT2D eigenvalue weighted by molar-refractivity contribution is 5.96. The summed E-state index contributed by atoms with van der Waals surface area (Å²) in [4.78, 5) is 15.6. The lowest BCUT2D eigenvalue weighted by Crippen LogP contribution is -2.23. The van der Waals surface area contributed by atoms with Gasteiger partial charge in [0.2, 0.25) is 5.91 Å². The Bertz CT molecular complexity index is 642. The van der Waals surface area contributed by atoms with E-state index in [4.69, 9.17) is 10.5 Å². The number of nitrogens with two attached hydrogens (primary N) is 1. The van der Waals surface area contributed by atoms with Crippen molar-refractivity contribution in [3.63, 3.8) is 0 Å². The van der Waals surface area contributed by atoms with E-state index in [0.717, 1.165) is 30.4 Å². The lowest BCUT2D eigenvalue weighted by Gasteiger charge is -2.27. The summed E-state index contributed by atoms with van der Waals surface area (Å²) in [6.07, 6.45) is 6.95. The normalized spacial score (nSPS) is 22.5. The molecule has 0 radical (unpaired) electrons. The van der Waals surface area contributed by atoms with Gasteiger partial charge in [0, 0.05) is 19.2 Å². The van der Waals surface area contributed by atoms with Crippen LogP contribution in [0.3, 0.4) is 0 Å². The zero-order valence-electron chi connectivity index (χ0n) is 12.3. The van der Waals surface area contributed by atoms with Crippen LogP contribution in [-0.4, -0.2) is 28.7 Å². The van der Waals surface area contributed by atoms with E-state index in [9.17, 15) is 4.79 Å². The number of carbonyl (C=O) groups excluding carboxylic acids is 1. The fraction of sp³-hybridized carbons (Fsp3) is 0.500. The summed E-state index contributed by atoms with van der Waals surface area (Å²) < 4.78 is 7.60. The van der Waals surface area contributed by atoms with Crippen LogP contribution in [0.15, 0.2) is 24.5 Å². The molecule has 1 heterocycles. The number of primary amides is 1. The van der Waals surface area contributed by atoms with Crippen LogP contribution in [0.1, 0.15) is 36.0 Å². The van der Waals surface area contributed by atoms with Crippen molar-refractivity contribution < 1.29 is 9.53 Å². The highest BCUT2D eigenvalue weighted by atomic mass is 16.5. The second-order valence-electron chi connectivity index (χ2n) is 5.84. The first-order chi connectivity index (χ1) is 10.2. The minimum atomic E-state index is -0.413. The Morgan fingerprint density at radius 1 is 1.38 bits per heavy atom. The van der Waals surface area contributed by atoms with Crippen molar-refractivity contribution in [1.82, 2.24) is 9.55 Å². The summed E-state index contributed by atoms with van der Waals surface area (Å²) in [5, 5.41) is 0. The van der Waals surface area contributed by atoms with Gasteiger partial charge >= 0.3 is 0 Å². The van der Waals surface area contributed by atoms with E-state index in [2.05, 4.69) is 9.55 Å². The molecule has 2 aromatic rings. The molecule has 0 spiro atoms. The molecule has 1 fully saturated rings. The third kappa shape index (κ3) is 2.93. The Hall–Kier alpha value is -1.88. The number of ether oxygens (including phenoxy) is 1. The predicted octanol–water partition coefficient (Wildman–Crippen LogP) is 2.34. The van der Waals surface area contributed by atoms with Crippen molar-refractivity contribution in [2.24, 2.45) is 11.7 Å². The number of nitrogens with zero attached hydrogens (tertiary/aromatic N) is 2. The van der Waals surface area contributed by atoms with Crippen molar-refractivity contribution in [3.8, 4) is 0 Å². The molecule has 3 rings (SSSR count). The number of hydrogen-bond acceptors (Lipinski definition) is 3. The maximum atomic E-state index is 11.2. The van der Waals surface area contributed by atoms with Gasteiger partial charge in [0.05, 0.1) is 23.5 Å². The first kappa shape index (κ1) is 14.1. The molecule has 112 valence electrons. The van der Waals surface area contributed by atoms with Gasteiger partial charge in [-0.25, -0.2) is 4.98 Å². The van der Waals surface area contributed by atoms with E-state index >= 15 is 0 Å². The number of benzene rings is 1. The molecular weight excluding hydrogens is 266 g/mol. The summed E-state index contributed by atoms with van der Waals surface area (Å²) in [6.45, 7) is 0.975. The van der Waals surface area contributed by atoms with Gasteiger partial charge in [-0.3, -0.25) is 4.79 Å². The Balaban J connectivity index is 1.74. The van der Waals surface area contributed by atoms with E-state index < -0.39 is 5.91 Å². The van der Waals surface area contributed by atoms with Gasteiger partial charge in [-0.15, -0.1) is 0 Å². The van der Waals surface area contributed by atoms with Gasteiger partial charge in [0.25, 0.3) is 0 Å². The van der Waals surface area contributed by atoms with Crippen molar-refractivity contribution in [3.05, 3.63) is 30.1 Å². The van der Waals surface area contributed by atoms with Crippen LogP contribution in [0.25, 0.3) is 11.0 Å². The SMILES string of the molecule is COC1CCC(Cn2cnc3cc(C(N)=O)ccc32)CC1. The van der Waals surface area contributed by atoms with E-state index in [-0.39, 0.29) is 0 Å². The molecule has 1 aromatic carbocycles. The molecule has 0 saturated heterocycles. The molecule has 0 unspecified atom stereocenters. The summed E-state index contributed by atoms with van der Waals surface area (Å²) in [7, 11) is 1.80. The molecule has 1 amide bonds. The number of imidazole rings is 1. The van der Waals surface area contributed by atoms with E-state index in [1.165, 1.54) is 12.8 Å². The van der Waals surface area contributed by atoms with Gasteiger partial charge in [-0.05, 0) is 49.8 Å². The van der Waals surface area contributed by atoms with Crippen LogP contribution in [0.4, 0.5) is 0 Å². The smallest absolute Gasteiger partial charge is 0.248 e. The van der Waals surface area contributed by atoms with Crippen molar-refractivity contribution >= 4 is 16.9 Å². The summed E-state index contributed by atoms with van der Waals surface area (Å²) in [6, 6.07) is 5.46. The molecule has 5 heteroatoms. The zero-order valence-corrected chi connectivity index (χ0v) is 12.3. The Morgan fingerprint density at radius 3 is 2.81 bits per heavy atom. The highest BCUT2D eigenvalue weighted by Crippen LogP contribution is 2.28. The number of methoxy groups -OCH3 is 1.